The van der Waals surface area contributed by atoms with Crippen molar-refractivity contribution < 1.29 is 9.00 Å². The Morgan fingerprint density at radius 1 is 1.28 bits per heavy atom. The van der Waals surface area contributed by atoms with Gasteiger partial charge in [-0.2, -0.15) is 0 Å². The van der Waals surface area contributed by atoms with Crippen molar-refractivity contribution in [3.8, 4) is 0 Å². The standard InChI is InChI=1S/C14H17BrO2S/c15-12-7-4-8-13(9-12)18(17)10-14(16)11-5-2-1-3-6-11/h4,7-9,11H,1-3,5-6,10H2. The molecule has 98 valence electrons. The van der Waals surface area contributed by atoms with E-state index in [0.29, 0.717) is 0 Å². The number of benzene rings is 1. The van der Waals surface area contributed by atoms with Crippen molar-refractivity contribution in [2.45, 2.75) is 37.0 Å². The van der Waals surface area contributed by atoms with Gasteiger partial charge in [-0.1, -0.05) is 41.3 Å². The van der Waals surface area contributed by atoms with E-state index in [2.05, 4.69) is 15.9 Å². The summed E-state index contributed by atoms with van der Waals surface area (Å²) in [6, 6.07) is 7.38. The summed E-state index contributed by atoms with van der Waals surface area (Å²) in [6.45, 7) is 0. The van der Waals surface area contributed by atoms with Gasteiger partial charge < -0.3 is 0 Å². The van der Waals surface area contributed by atoms with Crippen LogP contribution in [-0.2, 0) is 15.6 Å². The Balaban J connectivity index is 1.96. The summed E-state index contributed by atoms with van der Waals surface area (Å²) in [6.07, 6.45) is 5.47. The number of carbonyl (C=O) groups is 1. The zero-order valence-electron chi connectivity index (χ0n) is 10.2. The van der Waals surface area contributed by atoms with E-state index in [1.165, 1.54) is 6.42 Å². The lowest BCUT2D eigenvalue weighted by Crippen LogP contribution is -2.23. The quantitative estimate of drug-likeness (QED) is 0.844. The number of hydrogen-bond donors (Lipinski definition) is 0. The molecule has 1 aliphatic carbocycles. The average Bonchev–Trinajstić information content (AvgIpc) is 2.39. The molecule has 1 fully saturated rings. The first-order valence-corrected chi connectivity index (χ1v) is 8.44. The van der Waals surface area contributed by atoms with Gasteiger partial charge in [-0.05, 0) is 31.0 Å². The van der Waals surface area contributed by atoms with E-state index < -0.39 is 10.8 Å². The fourth-order valence-electron chi connectivity index (χ4n) is 2.36. The van der Waals surface area contributed by atoms with Crippen LogP contribution in [0, 0.1) is 5.92 Å². The highest BCUT2D eigenvalue weighted by Gasteiger charge is 2.22. The molecular formula is C14H17BrO2S. The van der Waals surface area contributed by atoms with Crippen LogP contribution in [0.25, 0.3) is 0 Å². The van der Waals surface area contributed by atoms with E-state index in [9.17, 15) is 9.00 Å². The van der Waals surface area contributed by atoms with Crippen LogP contribution in [0.4, 0.5) is 0 Å². The molecule has 2 nitrogen and oxygen atoms in total. The summed E-state index contributed by atoms with van der Waals surface area (Å²) in [7, 11) is -1.20. The molecule has 0 aliphatic heterocycles. The monoisotopic (exact) mass is 328 g/mol. The van der Waals surface area contributed by atoms with Crippen LogP contribution in [0.3, 0.4) is 0 Å². The lowest BCUT2D eigenvalue weighted by Gasteiger charge is -2.19. The van der Waals surface area contributed by atoms with Gasteiger partial charge in [-0.15, -0.1) is 0 Å². The van der Waals surface area contributed by atoms with Crippen molar-refractivity contribution in [1.82, 2.24) is 0 Å². The minimum Gasteiger partial charge on any atom is -0.298 e. The SMILES string of the molecule is O=C(CS(=O)c1cccc(Br)c1)C1CCCCC1. The molecule has 0 radical (unpaired) electrons. The van der Waals surface area contributed by atoms with Gasteiger partial charge in [-0.3, -0.25) is 9.00 Å². The fraction of sp³-hybridized carbons (Fsp3) is 0.500. The first kappa shape index (κ1) is 13.9. The minimum atomic E-state index is -1.20. The lowest BCUT2D eigenvalue weighted by molar-refractivity contribution is -0.121. The van der Waals surface area contributed by atoms with Gasteiger partial charge in [0.05, 0.1) is 16.6 Å². The Morgan fingerprint density at radius 2 is 2.00 bits per heavy atom. The molecular weight excluding hydrogens is 312 g/mol. The molecule has 0 aromatic heterocycles. The molecule has 1 aromatic rings. The summed E-state index contributed by atoms with van der Waals surface area (Å²) in [5.41, 5.74) is 0. The predicted molar refractivity (Wildman–Crippen MR) is 77.0 cm³/mol. The molecule has 18 heavy (non-hydrogen) atoms. The molecule has 0 spiro atoms. The smallest absolute Gasteiger partial charge is 0.148 e. The number of rotatable bonds is 4. The van der Waals surface area contributed by atoms with Gasteiger partial charge in [0.25, 0.3) is 0 Å². The van der Waals surface area contributed by atoms with Gasteiger partial charge >= 0.3 is 0 Å². The van der Waals surface area contributed by atoms with Gasteiger partial charge in [0, 0.05) is 15.3 Å². The largest absolute Gasteiger partial charge is 0.298 e. The van der Waals surface area contributed by atoms with Crippen molar-refractivity contribution in [3.63, 3.8) is 0 Å². The maximum Gasteiger partial charge on any atom is 0.148 e. The van der Waals surface area contributed by atoms with Gasteiger partial charge in [0.15, 0.2) is 0 Å². The van der Waals surface area contributed by atoms with E-state index in [0.717, 1.165) is 35.1 Å². The third kappa shape index (κ3) is 3.75. The number of ketones is 1. The Labute approximate surface area is 119 Å². The number of carbonyl (C=O) groups excluding carboxylic acids is 1. The maximum atomic E-state index is 12.1. The summed E-state index contributed by atoms with van der Waals surface area (Å²) in [5, 5.41) is 0. The van der Waals surface area contributed by atoms with Crippen LogP contribution >= 0.6 is 15.9 Å². The van der Waals surface area contributed by atoms with E-state index in [1.54, 1.807) is 0 Å². The fourth-order valence-corrected chi connectivity index (χ4v) is 4.06. The van der Waals surface area contributed by atoms with Crippen LogP contribution in [0.15, 0.2) is 33.6 Å². The topological polar surface area (TPSA) is 34.1 Å². The summed E-state index contributed by atoms with van der Waals surface area (Å²) in [5.74, 6) is 0.490. The van der Waals surface area contributed by atoms with E-state index in [4.69, 9.17) is 0 Å². The van der Waals surface area contributed by atoms with Crippen molar-refractivity contribution in [2.75, 3.05) is 5.75 Å². The summed E-state index contributed by atoms with van der Waals surface area (Å²) >= 11 is 3.35. The summed E-state index contributed by atoms with van der Waals surface area (Å²) in [4.78, 5) is 12.8. The lowest BCUT2D eigenvalue weighted by atomic mass is 9.87. The molecule has 1 aliphatic rings. The highest BCUT2D eigenvalue weighted by Crippen LogP contribution is 2.25. The normalized spacial score (nSPS) is 18.5. The van der Waals surface area contributed by atoms with Gasteiger partial charge in [-0.25, -0.2) is 0 Å². The molecule has 2 rings (SSSR count). The van der Waals surface area contributed by atoms with Crippen LogP contribution in [-0.4, -0.2) is 15.7 Å². The highest BCUT2D eigenvalue weighted by molar-refractivity contribution is 9.10. The Kier molecular flexibility index (Phi) is 5.13. The van der Waals surface area contributed by atoms with Gasteiger partial charge in [0.2, 0.25) is 0 Å². The second-order valence-electron chi connectivity index (χ2n) is 4.75. The number of halogens is 1. The van der Waals surface area contributed by atoms with Crippen molar-refractivity contribution in [3.05, 3.63) is 28.7 Å². The zero-order chi connectivity index (χ0) is 13.0. The molecule has 1 unspecified atom stereocenters. The highest BCUT2D eigenvalue weighted by atomic mass is 79.9. The molecule has 0 N–H and O–H groups in total. The number of hydrogen-bond acceptors (Lipinski definition) is 2. The molecule has 0 saturated heterocycles. The first-order valence-electron chi connectivity index (χ1n) is 6.33. The molecule has 4 heteroatoms. The van der Waals surface area contributed by atoms with E-state index >= 15 is 0 Å². The average molecular weight is 329 g/mol. The third-order valence-corrected chi connectivity index (χ3v) is 5.21. The minimum absolute atomic E-state index is 0.148. The predicted octanol–water partition coefficient (Wildman–Crippen LogP) is 3.71. The summed E-state index contributed by atoms with van der Waals surface area (Å²) < 4.78 is 13.0. The number of Topliss-reactive ketones (excluding diaryl/α,β-unsaturated/α-hetero) is 1. The first-order chi connectivity index (χ1) is 8.66. The van der Waals surface area contributed by atoms with Crippen molar-refractivity contribution >= 4 is 32.5 Å². The van der Waals surface area contributed by atoms with Crippen molar-refractivity contribution in [1.29, 1.82) is 0 Å². The Hall–Kier alpha value is -0.480. The van der Waals surface area contributed by atoms with Crippen LogP contribution in [0.5, 0.6) is 0 Å². The van der Waals surface area contributed by atoms with E-state index in [-0.39, 0.29) is 17.5 Å². The molecule has 1 aromatic carbocycles. The third-order valence-electron chi connectivity index (χ3n) is 3.39. The van der Waals surface area contributed by atoms with Crippen LogP contribution in [0.2, 0.25) is 0 Å². The second-order valence-corrected chi connectivity index (χ2v) is 7.12. The molecule has 1 saturated carbocycles. The van der Waals surface area contributed by atoms with Crippen molar-refractivity contribution in [2.24, 2.45) is 5.92 Å². The molecule has 0 amide bonds. The Morgan fingerprint density at radius 3 is 2.67 bits per heavy atom. The molecule has 0 bridgehead atoms. The maximum absolute atomic E-state index is 12.1. The van der Waals surface area contributed by atoms with Crippen LogP contribution < -0.4 is 0 Å². The second kappa shape index (κ2) is 6.62. The molecule has 1 atom stereocenters. The van der Waals surface area contributed by atoms with Crippen LogP contribution in [0.1, 0.15) is 32.1 Å². The molecule has 0 heterocycles. The zero-order valence-corrected chi connectivity index (χ0v) is 12.6. The van der Waals surface area contributed by atoms with Gasteiger partial charge in [0.1, 0.15) is 5.78 Å². The van der Waals surface area contributed by atoms with E-state index in [1.807, 2.05) is 24.3 Å². The Bertz CT molecular complexity index is 453.